The lowest BCUT2D eigenvalue weighted by Crippen LogP contribution is -2.25. The summed E-state index contributed by atoms with van der Waals surface area (Å²) < 4.78 is 10.9. The third-order valence-corrected chi connectivity index (χ3v) is 3.17. The molecule has 112 valence electrons. The maximum Gasteiger partial charge on any atom is 0.335 e. The Bertz CT molecular complexity index is 469. The number of pyridine rings is 1. The summed E-state index contributed by atoms with van der Waals surface area (Å²) in [6.45, 7) is 8.29. The molecule has 0 atom stereocenters. The number of ether oxygens (including phenoxy) is 2. The van der Waals surface area contributed by atoms with E-state index in [0.29, 0.717) is 24.6 Å². The summed E-state index contributed by atoms with van der Waals surface area (Å²) in [7, 11) is 1.65. The molecule has 1 N–H and O–H groups in total. The molecule has 0 saturated carbocycles. The van der Waals surface area contributed by atoms with Crippen LogP contribution in [-0.4, -0.2) is 35.4 Å². The van der Waals surface area contributed by atoms with Gasteiger partial charge in [0.15, 0.2) is 0 Å². The van der Waals surface area contributed by atoms with Crippen molar-refractivity contribution in [2.75, 3.05) is 13.7 Å². The Kier molecular flexibility index (Phi) is 5.51. The van der Waals surface area contributed by atoms with Crippen molar-refractivity contribution < 1.29 is 19.4 Å². The lowest BCUT2D eigenvalue weighted by Gasteiger charge is -2.22. The molecule has 0 amide bonds. The highest BCUT2D eigenvalue weighted by Crippen LogP contribution is 2.20. The Morgan fingerprint density at radius 2 is 2.05 bits per heavy atom. The van der Waals surface area contributed by atoms with E-state index in [1.807, 2.05) is 27.7 Å². The zero-order valence-electron chi connectivity index (χ0n) is 12.8. The molecule has 1 aromatic heterocycles. The highest BCUT2D eigenvalue weighted by molar-refractivity contribution is 5.88. The molecule has 0 fully saturated rings. The van der Waals surface area contributed by atoms with E-state index in [2.05, 4.69) is 4.98 Å². The largest absolute Gasteiger partial charge is 0.478 e. The number of aromatic carboxylic acids is 1. The quantitative estimate of drug-likeness (QED) is 0.831. The van der Waals surface area contributed by atoms with Crippen molar-refractivity contribution in [3.05, 3.63) is 23.4 Å². The summed E-state index contributed by atoms with van der Waals surface area (Å²) in [4.78, 5) is 15.4. The summed E-state index contributed by atoms with van der Waals surface area (Å²) in [6.07, 6.45) is 0.694. The number of hydrogen-bond donors (Lipinski definition) is 1. The van der Waals surface area contributed by atoms with Gasteiger partial charge < -0.3 is 14.6 Å². The van der Waals surface area contributed by atoms with Crippen molar-refractivity contribution >= 4 is 5.97 Å². The average Bonchev–Trinajstić information content (AvgIpc) is 2.38. The van der Waals surface area contributed by atoms with Crippen LogP contribution in [0, 0.1) is 0 Å². The number of hydrogen-bond acceptors (Lipinski definition) is 4. The highest BCUT2D eigenvalue weighted by Gasteiger charge is 2.17. The molecule has 0 saturated heterocycles. The molecular weight excluding hydrogens is 258 g/mol. The molecule has 1 heterocycles. The fraction of sp³-hybridized carbons (Fsp3) is 0.600. The van der Waals surface area contributed by atoms with Crippen LogP contribution in [-0.2, 0) is 4.74 Å². The van der Waals surface area contributed by atoms with E-state index in [0.717, 1.165) is 0 Å². The van der Waals surface area contributed by atoms with E-state index in [1.54, 1.807) is 13.2 Å². The Hall–Kier alpha value is -1.62. The molecule has 0 radical (unpaired) electrons. The number of carbonyl (C=O) groups is 1. The van der Waals surface area contributed by atoms with Crippen LogP contribution in [0.5, 0.6) is 5.88 Å². The van der Waals surface area contributed by atoms with Gasteiger partial charge in [-0.05, 0) is 25.8 Å². The molecule has 0 unspecified atom stereocenters. The van der Waals surface area contributed by atoms with Crippen molar-refractivity contribution in [3.63, 3.8) is 0 Å². The third kappa shape index (κ3) is 4.81. The summed E-state index contributed by atoms with van der Waals surface area (Å²) in [6, 6.07) is 3.03. The third-order valence-electron chi connectivity index (χ3n) is 3.17. The zero-order chi connectivity index (χ0) is 15.3. The topological polar surface area (TPSA) is 68.7 Å². The van der Waals surface area contributed by atoms with Gasteiger partial charge in [0, 0.05) is 25.3 Å². The lowest BCUT2D eigenvalue weighted by molar-refractivity contribution is 0.00503. The predicted octanol–water partition coefficient (Wildman–Crippen LogP) is 3.10. The molecular formula is C15H23NO4. The van der Waals surface area contributed by atoms with Gasteiger partial charge in [0.25, 0.3) is 0 Å². The van der Waals surface area contributed by atoms with Gasteiger partial charge in [-0.3, -0.25) is 0 Å². The second kappa shape index (κ2) is 6.70. The number of methoxy groups -OCH3 is 1. The van der Waals surface area contributed by atoms with Crippen molar-refractivity contribution in [2.45, 2.75) is 45.6 Å². The van der Waals surface area contributed by atoms with Gasteiger partial charge in [0.1, 0.15) is 0 Å². The second-order valence-corrected chi connectivity index (χ2v) is 5.64. The van der Waals surface area contributed by atoms with E-state index >= 15 is 0 Å². The summed E-state index contributed by atoms with van der Waals surface area (Å²) in [5.41, 5.74) is 0.640. The minimum atomic E-state index is -0.976. The standard InChI is InChI=1S/C15H23NO4/c1-10(2)12-8-11(14(17)18)9-13(16-12)20-7-6-15(3,4)19-5/h8-10H,6-7H2,1-5H3,(H,17,18). The maximum absolute atomic E-state index is 11.1. The second-order valence-electron chi connectivity index (χ2n) is 5.64. The van der Waals surface area contributed by atoms with E-state index in [9.17, 15) is 4.79 Å². The van der Waals surface area contributed by atoms with Crippen LogP contribution in [0.15, 0.2) is 12.1 Å². The normalized spacial score (nSPS) is 11.7. The number of carboxylic acids is 1. The molecule has 5 heteroatoms. The van der Waals surface area contributed by atoms with Gasteiger partial charge >= 0.3 is 5.97 Å². The monoisotopic (exact) mass is 281 g/mol. The maximum atomic E-state index is 11.1. The Morgan fingerprint density at radius 3 is 2.55 bits per heavy atom. The first-order valence-corrected chi connectivity index (χ1v) is 6.68. The highest BCUT2D eigenvalue weighted by atomic mass is 16.5. The molecule has 1 rings (SSSR count). The number of rotatable bonds is 7. The van der Waals surface area contributed by atoms with Gasteiger partial charge in [-0.1, -0.05) is 13.8 Å². The van der Waals surface area contributed by atoms with Crippen molar-refractivity contribution in [1.82, 2.24) is 4.98 Å². The van der Waals surface area contributed by atoms with Crippen LogP contribution in [0.4, 0.5) is 0 Å². The van der Waals surface area contributed by atoms with Crippen LogP contribution < -0.4 is 4.74 Å². The molecule has 0 aliphatic carbocycles. The molecule has 5 nitrogen and oxygen atoms in total. The molecule has 0 spiro atoms. The molecule has 0 aromatic carbocycles. The first-order valence-electron chi connectivity index (χ1n) is 6.68. The van der Waals surface area contributed by atoms with Gasteiger partial charge in [0.05, 0.1) is 17.8 Å². The average molecular weight is 281 g/mol. The fourth-order valence-electron chi connectivity index (χ4n) is 1.52. The molecule has 1 aromatic rings. The Morgan fingerprint density at radius 1 is 1.40 bits per heavy atom. The smallest absolute Gasteiger partial charge is 0.335 e. The zero-order valence-corrected chi connectivity index (χ0v) is 12.8. The molecule has 0 aliphatic heterocycles. The van der Waals surface area contributed by atoms with Crippen LogP contribution >= 0.6 is 0 Å². The number of aromatic nitrogens is 1. The van der Waals surface area contributed by atoms with Crippen molar-refractivity contribution in [1.29, 1.82) is 0 Å². The van der Waals surface area contributed by atoms with E-state index < -0.39 is 5.97 Å². The van der Waals surface area contributed by atoms with Crippen LogP contribution in [0.3, 0.4) is 0 Å². The predicted molar refractivity (Wildman–Crippen MR) is 76.5 cm³/mol. The Balaban J connectivity index is 2.81. The minimum absolute atomic E-state index is 0.145. The van der Waals surface area contributed by atoms with Gasteiger partial charge in [-0.25, -0.2) is 9.78 Å². The number of nitrogens with zero attached hydrogens (tertiary/aromatic N) is 1. The number of carboxylic acid groups (broad SMARTS) is 1. The Labute approximate surface area is 119 Å². The van der Waals surface area contributed by atoms with E-state index in [1.165, 1.54) is 6.07 Å². The lowest BCUT2D eigenvalue weighted by atomic mass is 10.1. The minimum Gasteiger partial charge on any atom is -0.478 e. The van der Waals surface area contributed by atoms with Crippen molar-refractivity contribution in [3.8, 4) is 5.88 Å². The van der Waals surface area contributed by atoms with Crippen LogP contribution in [0.1, 0.15) is 56.1 Å². The molecule has 0 aliphatic rings. The van der Waals surface area contributed by atoms with E-state index in [4.69, 9.17) is 14.6 Å². The summed E-state index contributed by atoms with van der Waals surface area (Å²) in [5, 5.41) is 9.10. The van der Waals surface area contributed by atoms with Gasteiger partial charge in [-0.15, -0.1) is 0 Å². The first-order chi connectivity index (χ1) is 9.25. The first kappa shape index (κ1) is 16.4. The molecule has 0 bridgehead atoms. The van der Waals surface area contributed by atoms with Crippen LogP contribution in [0.2, 0.25) is 0 Å². The van der Waals surface area contributed by atoms with Gasteiger partial charge in [0.2, 0.25) is 5.88 Å². The summed E-state index contributed by atoms with van der Waals surface area (Å²) in [5.74, 6) is -0.482. The van der Waals surface area contributed by atoms with Crippen LogP contribution in [0.25, 0.3) is 0 Å². The summed E-state index contributed by atoms with van der Waals surface area (Å²) >= 11 is 0. The molecule has 20 heavy (non-hydrogen) atoms. The fourth-order valence-corrected chi connectivity index (χ4v) is 1.52. The van der Waals surface area contributed by atoms with Crippen molar-refractivity contribution in [2.24, 2.45) is 0 Å². The van der Waals surface area contributed by atoms with Gasteiger partial charge in [-0.2, -0.15) is 0 Å². The SMILES string of the molecule is COC(C)(C)CCOc1cc(C(=O)O)cc(C(C)C)n1. The van der Waals surface area contributed by atoms with E-state index in [-0.39, 0.29) is 17.1 Å².